The minimum atomic E-state index is -0.0684. The lowest BCUT2D eigenvalue weighted by atomic mass is 10.1. The number of carbonyl (C=O) groups excluding carboxylic acids is 1. The Hall–Kier alpha value is -2.00. The average Bonchev–Trinajstić information content (AvgIpc) is 2.47. The van der Waals surface area contributed by atoms with Gasteiger partial charge in [0.25, 0.3) is 5.91 Å². The van der Waals surface area contributed by atoms with Gasteiger partial charge in [-0.1, -0.05) is 29.8 Å². The van der Waals surface area contributed by atoms with Gasteiger partial charge in [-0.2, -0.15) is 0 Å². The topological polar surface area (TPSA) is 46.3 Å². The fraction of sp³-hybridized carbons (Fsp3) is 0.235. The van der Waals surface area contributed by atoms with E-state index in [9.17, 15) is 4.79 Å². The number of aryl methyl sites for hydroxylation is 1. The minimum absolute atomic E-state index is 0.0631. The molecule has 2 aromatic rings. The molecule has 0 bridgehead atoms. The number of halogens is 1. The Morgan fingerprint density at radius 2 is 1.95 bits per heavy atom. The molecule has 2 aromatic carbocycles. The van der Waals surface area contributed by atoms with Crippen LogP contribution in [0.2, 0.25) is 5.02 Å². The van der Waals surface area contributed by atoms with Gasteiger partial charge in [0.1, 0.15) is 0 Å². The van der Waals surface area contributed by atoms with Gasteiger partial charge < -0.3 is 10.6 Å². The molecule has 0 aromatic heterocycles. The summed E-state index contributed by atoms with van der Waals surface area (Å²) in [4.78, 5) is 14.2. The predicted octanol–water partition coefficient (Wildman–Crippen LogP) is 4.06. The van der Waals surface area contributed by atoms with Crippen molar-refractivity contribution in [2.75, 3.05) is 12.8 Å². The summed E-state index contributed by atoms with van der Waals surface area (Å²) in [6.45, 7) is 3.89. The third kappa shape index (κ3) is 3.37. The molecule has 1 unspecified atom stereocenters. The number of benzene rings is 2. The number of nitrogens with two attached hydrogens (primary N) is 1. The third-order valence-electron chi connectivity index (χ3n) is 3.71. The van der Waals surface area contributed by atoms with Crippen molar-refractivity contribution in [1.82, 2.24) is 4.90 Å². The highest BCUT2D eigenvalue weighted by Crippen LogP contribution is 2.24. The molecule has 21 heavy (non-hydrogen) atoms. The van der Waals surface area contributed by atoms with Crippen LogP contribution >= 0.6 is 11.6 Å². The van der Waals surface area contributed by atoms with Gasteiger partial charge in [-0.05, 0) is 49.2 Å². The van der Waals surface area contributed by atoms with E-state index in [1.165, 1.54) is 0 Å². The van der Waals surface area contributed by atoms with E-state index < -0.39 is 0 Å². The van der Waals surface area contributed by atoms with Crippen LogP contribution in [-0.4, -0.2) is 17.9 Å². The summed E-state index contributed by atoms with van der Waals surface area (Å²) in [5.74, 6) is -0.0631. The second-order valence-electron chi connectivity index (χ2n) is 5.23. The van der Waals surface area contributed by atoms with Crippen molar-refractivity contribution >= 4 is 23.2 Å². The standard InChI is InChI=1S/C17H19ClN2O/c1-11-7-8-14(10-16(11)18)17(21)20(3)12(2)13-5-4-6-15(19)9-13/h4-10,12H,19H2,1-3H3. The number of carbonyl (C=O) groups is 1. The molecule has 4 heteroatoms. The van der Waals surface area contributed by atoms with Gasteiger partial charge >= 0.3 is 0 Å². The molecular formula is C17H19ClN2O. The summed E-state index contributed by atoms with van der Waals surface area (Å²) in [6.07, 6.45) is 0. The molecule has 110 valence electrons. The Labute approximate surface area is 130 Å². The van der Waals surface area contributed by atoms with Crippen molar-refractivity contribution in [1.29, 1.82) is 0 Å². The molecule has 0 fully saturated rings. The highest BCUT2D eigenvalue weighted by molar-refractivity contribution is 6.31. The van der Waals surface area contributed by atoms with E-state index in [-0.39, 0.29) is 11.9 Å². The number of amides is 1. The summed E-state index contributed by atoms with van der Waals surface area (Å²) >= 11 is 6.09. The van der Waals surface area contributed by atoms with E-state index in [1.807, 2.05) is 44.2 Å². The molecule has 2 rings (SSSR count). The van der Waals surface area contributed by atoms with E-state index in [0.29, 0.717) is 16.3 Å². The minimum Gasteiger partial charge on any atom is -0.399 e. The Bertz CT molecular complexity index is 670. The summed E-state index contributed by atoms with van der Waals surface area (Å²) in [6, 6.07) is 12.9. The Kier molecular flexibility index (Phi) is 4.53. The van der Waals surface area contributed by atoms with Crippen LogP contribution in [0.1, 0.15) is 34.5 Å². The van der Waals surface area contributed by atoms with Gasteiger partial charge in [0.05, 0.1) is 6.04 Å². The lowest BCUT2D eigenvalue weighted by Crippen LogP contribution is -2.29. The van der Waals surface area contributed by atoms with Crippen LogP contribution in [0.4, 0.5) is 5.69 Å². The highest BCUT2D eigenvalue weighted by atomic mass is 35.5. The van der Waals surface area contributed by atoms with Gasteiger partial charge in [0.2, 0.25) is 0 Å². The zero-order valence-electron chi connectivity index (χ0n) is 12.4. The largest absolute Gasteiger partial charge is 0.399 e. The fourth-order valence-corrected chi connectivity index (χ4v) is 2.33. The molecule has 0 aliphatic rings. The summed E-state index contributed by atoms with van der Waals surface area (Å²) in [5, 5.41) is 0.603. The van der Waals surface area contributed by atoms with Crippen molar-refractivity contribution < 1.29 is 4.79 Å². The van der Waals surface area contributed by atoms with E-state index >= 15 is 0 Å². The van der Waals surface area contributed by atoms with Crippen LogP contribution in [-0.2, 0) is 0 Å². The van der Waals surface area contributed by atoms with Crippen molar-refractivity contribution in [2.45, 2.75) is 19.9 Å². The first-order valence-corrected chi connectivity index (χ1v) is 7.16. The first-order valence-electron chi connectivity index (χ1n) is 6.79. The van der Waals surface area contributed by atoms with Gasteiger partial charge in [-0.15, -0.1) is 0 Å². The van der Waals surface area contributed by atoms with E-state index in [1.54, 1.807) is 24.1 Å². The first-order chi connectivity index (χ1) is 9.90. The second-order valence-corrected chi connectivity index (χ2v) is 5.63. The molecular weight excluding hydrogens is 284 g/mol. The number of hydrogen-bond donors (Lipinski definition) is 1. The number of anilines is 1. The van der Waals surface area contributed by atoms with Crippen molar-refractivity contribution in [3.05, 3.63) is 64.2 Å². The number of hydrogen-bond acceptors (Lipinski definition) is 2. The third-order valence-corrected chi connectivity index (χ3v) is 4.12. The van der Waals surface area contributed by atoms with Crippen LogP contribution in [0.25, 0.3) is 0 Å². The van der Waals surface area contributed by atoms with Gasteiger partial charge in [0, 0.05) is 23.3 Å². The predicted molar refractivity (Wildman–Crippen MR) is 87.6 cm³/mol. The van der Waals surface area contributed by atoms with Crippen molar-refractivity contribution in [3.63, 3.8) is 0 Å². The maximum Gasteiger partial charge on any atom is 0.254 e. The summed E-state index contributed by atoms with van der Waals surface area (Å²) < 4.78 is 0. The Morgan fingerprint density at radius 1 is 1.24 bits per heavy atom. The number of nitrogens with zero attached hydrogens (tertiary/aromatic N) is 1. The van der Waals surface area contributed by atoms with Crippen LogP contribution in [0, 0.1) is 6.92 Å². The van der Waals surface area contributed by atoms with Gasteiger partial charge in [-0.25, -0.2) is 0 Å². The smallest absolute Gasteiger partial charge is 0.254 e. The van der Waals surface area contributed by atoms with E-state index in [2.05, 4.69) is 0 Å². The van der Waals surface area contributed by atoms with Crippen LogP contribution in [0.5, 0.6) is 0 Å². The van der Waals surface area contributed by atoms with Gasteiger partial charge in [0.15, 0.2) is 0 Å². The van der Waals surface area contributed by atoms with Crippen LogP contribution in [0.3, 0.4) is 0 Å². The summed E-state index contributed by atoms with van der Waals surface area (Å²) in [5.41, 5.74) is 9.04. The quantitative estimate of drug-likeness (QED) is 0.869. The lowest BCUT2D eigenvalue weighted by molar-refractivity contribution is 0.0742. The molecule has 0 spiro atoms. The number of nitrogen functional groups attached to an aromatic ring is 1. The van der Waals surface area contributed by atoms with E-state index in [0.717, 1.165) is 11.1 Å². The normalized spacial score (nSPS) is 12.0. The molecule has 0 radical (unpaired) electrons. The highest BCUT2D eigenvalue weighted by Gasteiger charge is 2.19. The molecule has 0 saturated heterocycles. The molecule has 0 saturated carbocycles. The van der Waals surface area contributed by atoms with Crippen molar-refractivity contribution in [2.24, 2.45) is 0 Å². The van der Waals surface area contributed by atoms with Crippen LogP contribution in [0.15, 0.2) is 42.5 Å². The van der Waals surface area contributed by atoms with E-state index in [4.69, 9.17) is 17.3 Å². The molecule has 3 nitrogen and oxygen atoms in total. The molecule has 2 N–H and O–H groups in total. The van der Waals surface area contributed by atoms with Crippen LogP contribution < -0.4 is 5.73 Å². The van der Waals surface area contributed by atoms with Gasteiger partial charge in [-0.3, -0.25) is 4.79 Å². The number of rotatable bonds is 3. The molecule has 0 aliphatic carbocycles. The maximum atomic E-state index is 12.5. The maximum absolute atomic E-state index is 12.5. The molecule has 0 aliphatic heterocycles. The molecule has 1 amide bonds. The zero-order chi connectivity index (χ0) is 15.6. The van der Waals surface area contributed by atoms with Crippen molar-refractivity contribution in [3.8, 4) is 0 Å². The molecule has 0 heterocycles. The Morgan fingerprint density at radius 3 is 2.57 bits per heavy atom. The monoisotopic (exact) mass is 302 g/mol. The fourth-order valence-electron chi connectivity index (χ4n) is 2.15. The Balaban J connectivity index is 2.24. The lowest BCUT2D eigenvalue weighted by Gasteiger charge is -2.26. The first kappa shape index (κ1) is 15.4. The second kappa shape index (κ2) is 6.19. The SMILES string of the molecule is Cc1ccc(C(=O)N(C)C(C)c2cccc(N)c2)cc1Cl. The average molecular weight is 303 g/mol. The summed E-state index contributed by atoms with van der Waals surface area (Å²) in [7, 11) is 1.78. The molecule has 1 atom stereocenters. The zero-order valence-corrected chi connectivity index (χ0v) is 13.2.